The highest BCUT2D eigenvalue weighted by Crippen LogP contribution is 2.19. The number of aryl methyl sites for hydroxylation is 1. The number of carbonyl (C=O) groups is 1. The van der Waals surface area contributed by atoms with Crippen LogP contribution in [0.25, 0.3) is 0 Å². The van der Waals surface area contributed by atoms with E-state index >= 15 is 0 Å². The van der Waals surface area contributed by atoms with Gasteiger partial charge in [-0.25, -0.2) is 4.39 Å². The summed E-state index contributed by atoms with van der Waals surface area (Å²) in [5.41, 5.74) is 0.513. The molecule has 1 aromatic carbocycles. The molecule has 18 heavy (non-hydrogen) atoms. The average molecular weight is 270 g/mol. The fourth-order valence-corrected chi connectivity index (χ4v) is 2.17. The highest BCUT2D eigenvalue weighted by Gasteiger charge is 2.17. The van der Waals surface area contributed by atoms with Gasteiger partial charge in [-0.1, -0.05) is 30.2 Å². The molecule has 0 aromatic heterocycles. The lowest BCUT2D eigenvalue weighted by Gasteiger charge is -2.26. The van der Waals surface area contributed by atoms with Gasteiger partial charge in [-0.05, 0) is 30.9 Å². The number of hydrogen-bond donors (Lipinski definition) is 1. The summed E-state index contributed by atoms with van der Waals surface area (Å²) in [6.45, 7) is 0.396. The van der Waals surface area contributed by atoms with Crippen LogP contribution in [0.15, 0.2) is 18.2 Å². The lowest BCUT2D eigenvalue weighted by molar-refractivity contribution is -0.118. The number of halogens is 2. The van der Waals surface area contributed by atoms with Crippen molar-refractivity contribution in [1.29, 1.82) is 0 Å². The molecule has 0 spiro atoms. The summed E-state index contributed by atoms with van der Waals surface area (Å²) in [6.07, 6.45) is 4.35. The molecule has 1 saturated carbocycles. The number of benzene rings is 1. The maximum Gasteiger partial charge on any atom is 0.146 e. The zero-order valence-corrected chi connectivity index (χ0v) is 11.0. The second-order valence-electron chi connectivity index (χ2n) is 4.76. The minimum Gasteiger partial charge on any atom is -0.307 e. The van der Waals surface area contributed by atoms with E-state index in [-0.39, 0.29) is 10.8 Å². The standard InChI is InChI=1S/C14H17ClFNO/c15-13-6-1-3-10(14(13)16)7-8-12(18)9-17-11-4-2-5-11/h1,3,6,11,17H,2,4-5,7-9H2. The van der Waals surface area contributed by atoms with E-state index in [9.17, 15) is 9.18 Å². The van der Waals surface area contributed by atoms with E-state index in [1.807, 2.05) is 0 Å². The largest absolute Gasteiger partial charge is 0.307 e. The van der Waals surface area contributed by atoms with Gasteiger partial charge in [0.1, 0.15) is 11.6 Å². The van der Waals surface area contributed by atoms with Crippen molar-refractivity contribution in [3.8, 4) is 0 Å². The van der Waals surface area contributed by atoms with Crippen LogP contribution in [0, 0.1) is 5.82 Å². The third-order valence-electron chi connectivity index (χ3n) is 3.40. The minimum atomic E-state index is -0.404. The van der Waals surface area contributed by atoms with Gasteiger partial charge in [-0.15, -0.1) is 0 Å². The average Bonchev–Trinajstić information content (AvgIpc) is 2.29. The van der Waals surface area contributed by atoms with Crippen molar-refractivity contribution in [2.24, 2.45) is 0 Å². The van der Waals surface area contributed by atoms with Crippen molar-refractivity contribution in [3.63, 3.8) is 0 Å². The van der Waals surface area contributed by atoms with Crippen LogP contribution in [-0.4, -0.2) is 18.4 Å². The Hall–Kier alpha value is -0.930. The van der Waals surface area contributed by atoms with Gasteiger partial charge in [0.05, 0.1) is 11.6 Å². The molecular weight excluding hydrogens is 253 g/mol. The van der Waals surface area contributed by atoms with E-state index < -0.39 is 5.82 Å². The van der Waals surface area contributed by atoms with E-state index in [0.717, 1.165) is 12.8 Å². The molecule has 1 fully saturated rings. The lowest BCUT2D eigenvalue weighted by atomic mass is 9.93. The van der Waals surface area contributed by atoms with E-state index in [1.54, 1.807) is 12.1 Å². The molecule has 2 rings (SSSR count). The maximum atomic E-state index is 13.6. The van der Waals surface area contributed by atoms with Gasteiger partial charge in [0, 0.05) is 12.5 Å². The number of nitrogens with one attached hydrogen (secondary N) is 1. The molecule has 98 valence electrons. The summed E-state index contributed by atoms with van der Waals surface area (Å²) in [7, 11) is 0. The number of ketones is 1. The summed E-state index contributed by atoms with van der Waals surface area (Å²) >= 11 is 5.69. The van der Waals surface area contributed by atoms with Crippen LogP contribution in [0.2, 0.25) is 5.02 Å². The molecule has 1 aliphatic rings. The number of carbonyl (C=O) groups excluding carboxylic acids is 1. The Morgan fingerprint density at radius 1 is 1.44 bits per heavy atom. The van der Waals surface area contributed by atoms with Crippen molar-refractivity contribution in [3.05, 3.63) is 34.6 Å². The van der Waals surface area contributed by atoms with Crippen LogP contribution in [0.3, 0.4) is 0 Å². The van der Waals surface area contributed by atoms with Gasteiger partial charge < -0.3 is 5.32 Å². The molecule has 4 heteroatoms. The molecule has 0 radical (unpaired) electrons. The zero-order chi connectivity index (χ0) is 13.0. The Morgan fingerprint density at radius 3 is 2.89 bits per heavy atom. The van der Waals surface area contributed by atoms with Gasteiger partial charge in [-0.3, -0.25) is 4.79 Å². The molecule has 2 nitrogen and oxygen atoms in total. The predicted molar refractivity (Wildman–Crippen MR) is 70.4 cm³/mol. The van der Waals surface area contributed by atoms with E-state index in [0.29, 0.717) is 31.0 Å². The molecule has 1 N–H and O–H groups in total. The molecule has 0 unspecified atom stereocenters. The minimum absolute atomic E-state index is 0.118. The van der Waals surface area contributed by atoms with E-state index in [2.05, 4.69) is 5.32 Å². The first-order chi connectivity index (χ1) is 8.66. The van der Waals surface area contributed by atoms with Crippen molar-refractivity contribution >= 4 is 17.4 Å². The SMILES string of the molecule is O=C(CCc1cccc(Cl)c1F)CNC1CCC1. The molecule has 0 saturated heterocycles. The second-order valence-corrected chi connectivity index (χ2v) is 5.17. The van der Waals surface area contributed by atoms with Gasteiger partial charge in [0.15, 0.2) is 0 Å². The summed E-state index contributed by atoms with van der Waals surface area (Å²) in [5, 5.41) is 3.33. The van der Waals surface area contributed by atoms with Crippen LogP contribution < -0.4 is 5.32 Å². The van der Waals surface area contributed by atoms with Gasteiger partial charge in [0.2, 0.25) is 0 Å². The van der Waals surface area contributed by atoms with Crippen molar-refractivity contribution in [2.75, 3.05) is 6.54 Å². The lowest BCUT2D eigenvalue weighted by Crippen LogP contribution is -2.38. The normalized spacial score (nSPS) is 15.4. The maximum absolute atomic E-state index is 13.6. The zero-order valence-electron chi connectivity index (χ0n) is 10.2. The Labute approximate surface area is 112 Å². The molecule has 0 aliphatic heterocycles. The molecule has 1 aromatic rings. The molecule has 0 bridgehead atoms. The topological polar surface area (TPSA) is 29.1 Å². The summed E-state index contributed by atoms with van der Waals surface area (Å²) < 4.78 is 13.6. The monoisotopic (exact) mass is 269 g/mol. The third-order valence-corrected chi connectivity index (χ3v) is 3.69. The first-order valence-electron chi connectivity index (χ1n) is 6.35. The number of Topliss-reactive ketones (excluding diaryl/α,β-unsaturated/α-hetero) is 1. The summed E-state index contributed by atoms with van der Waals surface area (Å²) in [6, 6.07) is 5.41. The number of rotatable bonds is 6. The fraction of sp³-hybridized carbons (Fsp3) is 0.500. The second kappa shape index (κ2) is 6.30. The first-order valence-corrected chi connectivity index (χ1v) is 6.72. The summed E-state index contributed by atoms with van der Waals surface area (Å²) in [5.74, 6) is -0.278. The van der Waals surface area contributed by atoms with E-state index in [1.165, 1.54) is 12.5 Å². The summed E-state index contributed by atoms with van der Waals surface area (Å²) in [4.78, 5) is 11.6. The van der Waals surface area contributed by atoms with Crippen molar-refractivity contribution in [2.45, 2.75) is 38.1 Å². The van der Waals surface area contributed by atoms with Crippen molar-refractivity contribution in [1.82, 2.24) is 5.32 Å². The molecule has 0 heterocycles. The van der Waals surface area contributed by atoms with Crippen LogP contribution >= 0.6 is 11.6 Å². The predicted octanol–water partition coefficient (Wildman–Crippen LogP) is 3.12. The van der Waals surface area contributed by atoms with Gasteiger partial charge in [0.25, 0.3) is 0 Å². The molecule has 1 aliphatic carbocycles. The van der Waals surface area contributed by atoms with Gasteiger partial charge >= 0.3 is 0 Å². The van der Waals surface area contributed by atoms with Gasteiger partial charge in [-0.2, -0.15) is 0 Å². The fourth-order valence-electron chi connectivity index (χ4n) is 1.97. The number of hydrogen-bond acceptors (Lipinski definition) is 2. The molecule has 0 amide bonds. The van der Waals surface area contributed by atoms with Crippen LogP contribution in [0.5, 0.6) is 0 Å². The quantitative estimate of drug-likeness (QED) is 0.860. The highest BCUT2D eigenvalue weighted by molar-refractivity contribution is 6.30. The molecule has 0 atom stereocenters. The smallest absolute Gasteiger partial charge is 0.146 e. The Morgan fingerprint density at radius 2 is 2.22 bits per heavy atom. The van der Waals surface area contributed by atoms with Crippen molar-refractivity contribution < 1.29 is 9.18 Å². The Balaban J connectivity index is 1.76. The Kier molecular flexibility index (Phi) is 4.72. The third kappa shape index (κ3) is 3.53. The van der Waals surface area contributed by atoms with Crippen LogP contribution in [0.1, 0.15) is 31.2 Å². The molecular formula is C14H17ClFNO. The van der Waals surface area contributed by atoms with E-state index in [4.69, 9.17) is 11.6 Å². The first kappa shape index (κ1) is 13.5. The Bertz CT molecular complexity index is 432. The van der Waals surface area contributed by atoms with Crippen LogP contribution in [0.4, 0.5) is 4.39 Å². The highest BCUT2D eigenvalue weighted by atomic mass is 35.5. The van der Waals surface area contributed by atoms with Crippen LogP contribution in [-0.2, 0) is 11.2 Å².